The van der Waals surface area contributed by atoms with Gasteiger partial charge in [-0.1, -0.05) is 30.3 Å². The van der Waals surface area contributed by atoms with E-state index in [1.54, 1.807) is 7.11 Å². The highest BCUT2D eigenvalue weighted by Crippen LogP contribution is 2.27. The van der Waals surface area contributed by atoms with Crippen LogP contribution in [0, 0.1) is 0 Å². The van der Waals surface area contributed by atoms with Gasteiger partial charge in [0.25, 0.3) is 5.91 Å². The molecule has 0 saturated carbocycles. The van der Waals surface area contributed by atoms with Crippen LogP contribution in [0.25, 0.3) is 10.8 Å². The molecule has 2 atom stereocenters. The largest absolute Gasteiger partial charge is 0.493 e. The Morgan fingerprint density at radius 3 is 2.52 bits per heavy atom. The molecule has 5 heteroatoms. The van der Waals surface area contributed by atoms with E-state index in [0.29, 0.717) is 18.9 Å². The van der Waals surface area contributed by atoms with Crippen molar-refractivity contribution in [1.29, 1.82) is 0 Å². The summed E-state index contributed by atoms with van der Waals surface area (Å²) in [6, 6.07) is 19.8. The molecule has 1 unspecified atom stereocenters. The SMILES string of the molecule is CCOc1ccc(C[NH+](C)[C@@H](C)C(=O)Nc2ccc3ccccc3c2)cc1OC. The Labute approximate surface area is 172 Å². The van der Waals surface area contributed by atoms with Crippen molar-refractivity contribution < 1.29 is 19.2 Å². The molecule has 0 aliphatic carbocycles. The van der Waals surface area contributed by atoms with Crippen molar-refractivity contribution in [2.45, 2.75) is 26.4 Å². The number of hydrogen-bond acceptors (Lipinski definition) is 3. The van der Waals surface area contributed by atoms with E-state index in [-0.39, 0.29) is 11.9 Å². The van der Waals surface area contributed by atoms with Crippen LogP contribution in [0.4, 0.5) is 5.69 Å². The summed E-state index contributed by atoms with van der Waals surface area (Å²) >= 11 is 0. The second kappa shape index (κ2) is 9.43. The zero-order valence-corrected chi connectivity index (χ0v) is 17.5. The van der Waals surface area contributed by atoms with Gasteiger partial charge < -0.3 is 19.7 Å². The molecular formula is C24H29N2O3+. The number of fused-ring (bicyclic) bond motifs is 1. The summed E-state index contributed by atoms with van der Waals surface area (Å²) in [5.41, 5.74) is 1.91. The minimum Gasteiger partial charge on any atom is -0.493 e. The Bertz CT molecular complexity index is 987. The Kier molecular flexibility index (Phi) is 6.73. The minimum atomic E-state index is -0.209. The highest BCUT2D eigenvalue weighted by atomic mass is 16.5. The van der Waals surface area contributed by atoms with Crippen LogP contribution >= 0.6 is 0 Å². The van der Waals surface area contributed by atoms with Gasteiger partial charge in [0.15, 0.2) is 17.5 Å². The van der Waals surface area contributed by atoms with Crippen molar-refractivity contribution in [3.8, 4) is 11.5 Å². The molecule has 152 valence electrons. The maximum atomic E-state index is 12.8. The molecule has 0 saturated heterocycles. The molecular weight excluding hydrogens is 364 g/mol. The Hall–Kier alpha value is -3.05. The maximum Gasteiger partial charge on any atom is 0.282 e. The molecule has 0 spiro atoms. The molecule has 0 radical (unpaired) electrons. The smallest absolute Gasteiger partial charge is 0.282 e. The highest BCUT2D eigenvalue weighted by Gasteiger charge is 2.22. The second-order valence-electron chi connectivity index (χ2n) is 7.21. The Balaban J connectivity index is 1.65. The van der Waals surface area contributed by atoms with Crippen molar-refractivity contribution in [2.75, 3.05) is 26.1 Å². The quantitative estimate of drug-likeness (QED) is 0.618. The monoisotopic (exact) mass is 393 g/mol. The molecule has 0 aliphatic heterocycles. The van der Waals surface area contributed by atoms with Gasteiger partial charge in [-0.2, -0.15) is 0 Å². The van der Waals surface area contributed by atoms with Crippen LogP contribution in [0.2, 0.25) is 0 Å². The lowest BCUT2D eigenvalue weighted by molar-refractivity contribution is -0.907. The number of amides is 1. The molecule has 5 nitrogen and oxygen atoms in total. The van der Waals surface area contributed by atoms with Gasteiger partial charge in [-0.25, -0.2) is 0 Å². The predicted molar refractivity (Wildman–Crippen MR) is 117 cm³/mol. The van der Waals surface area contributed by atoms with Crippen LogP contribution in [-0.4, -0.2) is 32.7 Å². The fourth-order valence-electron chi connectivity index (χ4n) is 3.31. The van der Waals surface area contributed by atoms with E-state index in [0.717, 1.165) is 32.7 Å². The van der Waals surface area contributed by atoms with E-state index < -0.39 is 0 Å². The van der Waals surface area contributed by atoms with Crippen LogP contribution in [0.1, 0.15) is 19.4 Å². The topological polar surface area (TPSA) is 52.0 Å². The molecule has 3 aromatic carbocycles. The predicted octanol–water partition coefficient (Wildman–Crippen LogP) is 3.29. The van der Waals surface area contributed by atoms with E-state index >= 15 is 0 Å². The number of benzene rings is 3. The van der Waals surface area contributed by atoms with Crippen molar-refractivity contribution in [3.63, 3.8) is 0 Å². The lowest BCUT2D eigenvalue weighted by Gasteiger charge is -2.22. The molecule has 3 rings (SSSR count). The minimum absolute atomic E-state index is 0.00400. The van der Waals surface area contributed by atoms with Gasteiger partial charge in [-0.3, -0.25) is 4.79 Å². The highest BCUT2D eigenvalue weighted by molar-refractivity contribution is 5.96. The van der Waals surface area contributed by atoms with E-state index in [9.17, 15) is 4.79 Å². The Morgan fingerprint density at radius 1 is 1.03 bits per heavy atom. The first kappa shape index (κ1) is 20.7. The van der Waals surface area contributed by atoms with Crippen molar-refractivity contribution >= 4 is 22.4 Å². The van der Waals surface area contributed by atoms with Gasteiger partial charge in [0.1, 0.15) is 6.54 Å². The molecule has 3 aromatic rings. The number of likely N-dealkylation sites (N-methyl/N-ethyl adjacent to an activating group) is 1. The first-order valence-corrected chi connectivity index (χ1v) is 9.93. The molecule has 0 aromatic heterocycles. The molecule has 0 heterocycles. The molecule has 0 aliphatic rings. The van der Waals surface area contributed by atoms with E-state index in [1.165, 1.54) is 0 Å². The summed E-state index contributed by atoms with van der Waals surface area (Å²) in [5.74, 6) is 1.44. The van der Waals surface area contributed by atoms with Gasteiger partial charge in [0.2, 0.25) is 0 Å². The maximum absolute atomic E-state index is 12.8. The summed E-state index contributed by atoms with van der Waals surface area (Å²) in [4.78, 5) is 13.9. The number of carbonyl (C=O) groups is 1. The normalized spacial score (nSPS) is 13.0. The summed E-state index contributed by atoms with van der Waals surface area (Å²) in [7, 11) is 3.66. The zero-order valence-electron chi connectivity index (χ0n) is 17.5. The zero-order chi connectivity index (χ0) is 20.8. The first-order chi connectivity index (χ1) is 14.0. The van der Waals surface area contributed by atoms with Gasteiger partial charge in [-0.05, 0) is 55.0 Å². The number of quaternary nitrogens is 1. The fraction of sp³-hybridized carbons (Fsp3) is 0.292. The third kappa shape index (κ3) is 5.06. The number of rotatable bonds is 8. The summed E-state index contributed by atoms with van der Waals surface area (Å²) in [5, 5.41) is 5.31. The van der Waals surface area contributed by atoms with Crippen molar-refractivity contribution in [2.24, 2.45) is 0 Å². The third-order valence-electron chi connectivity index (χ3n) is 5.16. The summed E-state index contributed by atoms with van der Waals surface area (Å²) in [6.07, 6.45) is 0. The van der Waals surface area contributed by atoms with Crippen LogP contribution in [0.5, 0.6) is 11.5 Å². The van der Waals surface area contributed by atoms with E-state index in [1.807, 2.05) is 75.5 Å². The number of carbonyl (C=O) groups excluding carboxylic acids is 1. The number of ether oxygens (including phenoxy) is 2. The molecule has 0 fully saturated rings. The summed E-state index contributed by atoms with van der Waals surface area (Å²) in [6.45, 7) is 5.18. The van der Waals surface area contributed by atoms with Crippen molar-refractivity contribution in [1.82, 2.24) is 0 Å². The van der Waals surface area contributed by atoms with E-state index in [4.69, 9.17) is 9.47 Å². The number of methoxy groups -OCH3 is 1. The number of hydrogen-bond donors (Lipinski definition) is 2. The average molecular weight is 394 g/mol. The number of nitrogens with one attached hydrogen (secondary N) is 2. The number of anilines is 1. The lowest BCUT2D eigenvalue weighted by Crippen LogP contribution is -3.12. The van der Waals surface area contributed by atoms with Crippen LogP contribution in [-0.2, 0) is 11.3 Å². The van der Waals surface area contributed by atoms with Crippen LogP contribution in [0.3, 0.4) is 0 Å². The second-order valence-corrected chi connectivity index (χ2v) is 7.21. The fourth-order valence-corrected chi connectivity index (χ4v) is 3.31. The molecule has 1 amide bonds. The summed E-state index contributed by atoms with van der Waals surface area (Å²) < 4.78 is 11.0. The molecule has 0 bridgehead atoms. The van der Waals surface area contributed by atoms with Crippen LogP contribution in [0.15, 0.2) is 60.7 Å². The van der Waals surface area contributed by atoms with Gasteiger partial charge in [0, 0.05) is 11.3 Å². The van der Waals surface area contributed by atoms with Gasteiger partial charge >= 0.3 is 0 Å². The van der Waals surface area contributed by atoms with Gasteiger partial charge in [0.05, 0.1) is 20.8 Å². The standard InChI is InChI=1S/C24H28N2O3/c1-5-29-22-13-10-18(14-23(22)28-4)16-26(3)17(2)24(27)25-21-12-11-19-8-6-7-9-20(19)15-21/h6-15,17H,5,16H2,1-4H3,(H,25,27)/p+1/t17-/m0/s1. The van der Waals surface area contributed by atoms with Crippen LogP contribution < -0.4 is 19.7 Å². The Morgan fingerprint density at radius 2 is 1.79 bits per heavy atom. The molecule has 2 N–H and O–H groups in total. The van der Waals surface area contributed by atoms with Crippen molar-refractivity contribution in [3.05, 3.63) is 66.2 Å². The average Bonchev–Trinajstić information content (AvgIpc) is 2.74. The lowest BCUT2D eigenvalue weighted by atomic mass is 10.1. The van der Waals surface area contributed by atoms with Gasteiger partial charge in [-0.15, -0.1) is 0 Å². The third-order valence-corrected chi connectivity index (χ3v) is 5.16. The van der Waals surface area contributed by atoms with E-state index in [2.05, 4.69) is 11.4 Å². The molecule has 29 heavy (non-hydrogen) atoms. The first-order valence-electron chi connectivity index (χ1n) is 9.93.